The molecule has 0 unspecified atom stereocenters. The van der Waals surface area contributed by atoms with Gasteiger partial charge in [-0.2, -0.15) is 0 Å². The molecule has 3 aliphatic rings. The molecule has 1 aromatic heterocycles. The predicted molar refractivity (Wildman–Crippen MR) is 141 cm³/mol. The van der Waals surface area contributed by atoms with Crippen LogP contribution < -0.4 is 19.5 Å². The lowest BCUT2D eigenvalue weighted by Gasteiger charge is -2.37. The van der Waals surface area contributed by atoms with Crippen molar-refractivity contribution >= 4 is 23.1 Å². The van der Waals surface area contributed by atoms with Crippen molar-refractivity contribution in [2.45, 2.75) is 63.4 Å². The molecular weight excluding hydrogens is 490 g/mol. The fourth-order valence-electron chi connectivity index (χ4n) is 5.84. The van der Waals surface area contributed by atoms with E-state index in [-0.39, 0.29) is 17.8 Å². The Balaban J connectivity index is 1.64. The minimum atomic E-state index is -0.642. The van der Waals surface area contributed by atoms with Gasteiger partial charge < -0.3 is 24.3 Å². The zero-order chi connectivity index (χ0) is 26.1. The summed E-state index contributed by atoms with van der Waals surface area (Å²) in [6.07, 6.45) is 4.82. The first-order chi connectivity index (χ1) is 17.9. The molecule has 0 spiro atoms. The molecule has 8 heteroatoms. The highest BCUT2D eigenvalue weighted by molar-refractivity contribution is 7.10. The normalized spacial score (nSPS) is 22.0. The summed E-state index contributed by atoms with van der Waals surface area (Å²) in [5.74, 6) is 0.618. The smallest absolute Gasteiger partial charge is 0.337 e. The van der Waals surface area contributed by atoms with Crippen molar-refractivity contribution in [3.8, 4) is 17.2 Å². The predicted octanol–water partition coefficient (Wildman–Crippen LogP) is 5.62. The molecule has 0 radical (unpaired) electrons. The molecule has 2 aromatic rings. The molecule has 7 nitrogen and oxygen atoms in total. The number of ether oxygens (including phenoxy) is 4. The van der Waals surface area contributed by atoms with Gasteiger partial charge in [0.2, 0.25) is 0 Å². The van der Waals surface area contributed by atoms with Crippen LogP contribution in [0.15, 0.2) is 52.2 Å². The molecule has 5 rings (SSSR count). The molecule has 1 saturated carbocycles. The minimum absolute atomic E-state index is 0.0210. The zero-order valence-corrected chi connectivity index (χ0v) is 22.5. The number of dihydropyridines is 1. The van der Waals surface area contributed by atoms with Gasteiger partial charge >= 0.3 is 5.97 Å². The second-order valence-electron chi connectivity index (χ2n) is 9.79. The maximum Gasteiger partial charge on any atom is 0.337 e. The van der Waals surface area contributed by atoms with Crippen molar-refractivity contribution in [3.05, 3.63) is 62.6 Å². The minimum Gasteiger partial charge on any atom is -0.496 e. The van der Waals surface area contributed by atoms with Gasteiger partial charge in [-0.1, -0.05) is 6.07 Å². The number of rotatable bonds is 7. The SMILES string of the molecule is COc1cc(OC)c([C@@H]2C(C(=O)OC3CCCC3)=C(C)NC3=C2C(=O)C[C@H](c2cccs2)C3)cc1OC. The monoisotopic (exact) mass is 523 g/mol. The lowest BCUT2D eigenvalue weighted by atomic mass is 9.72. The molecule has 0 bridgehead atoms. The number of esters is 1. The number of ketones is 1. The Kier molecular flexibility index (Phi) is 7.29. The quantitative estimate of drug-likeness (QED) is 0.472. The highest BCUT2D eigenvalue weighted by Crippen LogP contribution is 2.50. The standard InChI is InChI=1S/C29H33NO6S/c1-16-26(29(32)36-18-8-5-6-9-18)27(19-14-23(34-3)24(35-4)15-22(19)33-2)28-20(30-16)12-17(13-21(28)31)25-10-7-11-37-25/h7,10-11,14-15,17-18,27,30H,5-6,8-9,12-13H2,1-4H3/t17-,27-/m1/s1. The molecule has 1 aromatic carbocycles. The van der Waals surface area contributed by atoms with E-state index in [0.717, 1.165) is 31.4 Å². The van der Waals surface area contributed by atoms with Gasteiger partial charge in [0.05, 0.1) is 32.8 Å². The molecule has 196 valence electrons. The summed E-state index contributed by atoms with van der Waals surface area (Å²) in [6, 6.07) is 7.65. The first-order valence-electron chi connectivity index (χ1n) is 12.7. The highest BCUT2D eigenvalue weighted by atomic mass is 32.1. The summed E-state index contributed by atoms with van der Waals surface area (Å²) in [5, 5.41) is 5.47. The molecule has 37 heavy (non-hydrogen) atoms. The first kappa shape index (κ1) is 25.4. The third kappa shape index (κ3) is 4.75. The second kappa shape index (κ2) is 10.6. The Hall–Kier alpha value is -3.26. The van der Waals surface area contributed by atoms with Crippen LogP contribution >= 0.6 is 11.3 Å². The van der Waals surface area contributed by atoms with E-state index in [0.29, 0.717) is 52.5 Å². The summed E-state index contributed by atoms with van der Waals surface area (Å²) in [6.45, 7) is 1.88. The molecule has 0 amide bonds. The number of Topliss-reactive ketones (excluding diaryl/α,β-unsaturated/α-hetero) is 1. The third-order valence-corrected chi connectivity index (χ3v) is 8.65. The van der Waals surface area contributed by atoms with Crippen LogP contribution in [0.5, 0.6) is 17.2 Å². The van der Waals surface area contributed by atoms with E-state index in [2.05, 4.69) is 11.4 Å². The number of thiophene rings is 1. The van der Waals surface area contributed by atoms with Crippen LogP contribution in [0.1, 0.15) is 67.7 Å². The van der Waals surface area contributed by atoms with Crippen molar-refractivity contribution in [2.24, 2.45) is 0 Å². The Morgan fingerprint density at radius 2 is 1.70 bits per heavy atom. The van der Waals surface area contributed by atoms with Gasteiger partial charge in [0.25, 0.3) is 0 Å². The van der Waals surface area contributed by atoms with Crippen LogP contribution in [0.25, 0.3) is 0 Å². The van der Waals surface area contributed by atoms with Gasteiger partial charge in [-0.05, 0) is 56.5 Å². The van der Waals surface area contributed by atoms with Crippen LogP contribution in [0.3, 0.4) is 0 Å². The maximum atomic E-state index is 13.8. The lowest BCUT2D eigenvalue weighted by molar-refractivity contribution is -0.144. The summed E-state index contributed by atoms with van der Waals surface area (Å²) in [7, 11) is 4.70. The van der Waals surface area contributed by atoms with E-state index in [1.165, 1.54) is 4.88 Å². The van der Waals surface area contributed by atoms with E-state index in [4.69, 9.17) is 18.9 Å². The average Bonchev–Trinajstić information content (AvgIpc) is 3.61. The molecule has 1 aliphatic heterocycles. The summed E-state index contributed by atoms with van der Waals surface area (Å²) < 4.78 is 22.8. The highest BCUT2D eigenvalue weighted by Gasteiger charge is 2.43. The number of methoxy groups -OCH3 is 3. The van der Waals surface area contributed by atoms with E-state index >= 15 is 0 Å². The molecule has 1 N–H and O–H groups in total. The third-order valence-electron chi connectivity index (χ3n) is 7.62. The Morgan fingerprint density at radius 1 is 1.00 bits per heavy atom. The Bertz CT molecular complexity index is 1260. The first-order valence-corrected chi connectivity index (χ1v) is 13.6. The topological polar surface area (TPSA) is 83.1 Å². The van der Waals surface area contributed by atoms with Gasteiger partial charge in [0, 0.05) is 45.8 Å². The molecule has 1 fully saturated rings. The number of allylic oxidation sites excluding steroid dienone is 3. The van der Waals surface area contributed by atoms with Crippen LogP contribution in [-0.2, 0) is 14.3 Å². The number of benzene rings is 1. The lowest BCUT2D eigenvalue weighted by Crippen LogP contribution is -2.36. The Morgan fingerprint density at radius 3 is 2.35 bits per heavy atom. The van der Waals surface area contributed by atoms with Crippen LogP contribution in [-0.4, -0.2) is 39.2 Å². The van der Waals surface area contributed by atoms with E-state index < -0.39 is 11.9 Å². The summed E-state index contributed by atoms with van der Waals surface area (Å²) >= 11 is 1.67. The van der Waals surface area contributed by atoms with Gasteiger partial charge in [0.1, 0.15) is 11.9 Å². The Labute approximate surface area is 221 Å². The van der Waals surface area contributed by atoms with E-state index in [1.807, 2.05) is 24.4 Å². The zero-order valence-electron chi connectivity index (χ0n) is 21.7. The maximum absolute atomic E-state index is 13.8. The van der Waals surface area contributed by atoms with Gasteiger partial charge in [-0.25, -0.2) is 4.79 Å². The van der Waals surface area contributed by atoms with Crippen molar-refractivity contribution < 1.29 is 28.5 Å². The van der Waals surface area contributed by atoms with Crippen molar-refractivity contribution in [3.63, 3.8) is 0 Å². The second-order valence-corrected chi connectivity index (χ2v) is 10.8. The van der Waals surface area contributed by atoms with E-state index in [1.54, 1.807) is 38.7 Å². The van der Waals surface area contributed by atoms with E-state index in [9.17, 15) is 9.59 Å². The fraction of sp³-hybridized carbons (Fsp3) is 0.448. The largest absolute Gasteiger partial charge is 0.496 e. The van der Waals surface area contributed by atoms with Crippen molar-refractivity contribution in [1.82, 2.24) is 5.32 Å². The average molecular weight is 524 g/mol. The van der Waals surface area contributed by atoms with Crippen molar-refractivity contribution in [1.29, 1.82) is 0 Å². The molecular formula is C29H33NO6S. The van der Waals surface area contributed by atoms with Crippen LogP contribution in [0.2, 0.25) is 0 Å². The summed E-state index contributed by atoms with van der Waals surface area (Å²) in [5.41, 5.74) is 3.27. The number of nitrogens with one attached hydrogen (secondary N) is 1. The summed E-state index contributed by atoms with van der Waals surface area (Å²) in [4.78, 5) is 28.7. The van der Waals surface area contributed by atoms with Crippen molar-refractivity contribution in [2.75, 3.05) is 21.3 Å². The number of carbonyl (C=O) groups excluding carboxylic acids is 2. The molecule has 2 atom stereocenters. The molecule has 2 aliphatic carbocycles. The number of carbonyl (C=O) groups is 2. The number of hydrogen-bond donors (Lipinski definition) is 1. The number of hydrogen-bond acceptors (Lipinski definition) is 8. The van der Waals surface area contributed by atoms with Crippen LogP contribution in [0, 0.1) is 0 Å². The molecule has 0 saturated heterocycles. The van der Waals surface area contributed by atoms with Gasteiger partial charge in [-0.3, -0.25) is 4.79 Å². The van der Waals surface area contributed by atoms with Gasteiger partial charge in [-0.15, -0.1) is 11.3 Å². The molecule has 2 heterocycles. The van der Waals surface area contributed by atoms with Crippen LogP contribution in [0.4, 0.5) is 0 Å². The fourth-order valence-corrected chi connectivity index (χ4v) is 6.68. The van der Waals surface area contributed by atoms with Gasteiger partial charge in [0.15, 0.2) is 17.3 Å².